The zero-order valence-corrected chi connectivity index (χ0v) is 16.4. The van der Waals surface area contributed by atoms with Gasteiger partial charge < -0.3 is 0 Å². The van der Waals surface area contributed by atoms with Gasteiger partial charge in [-0.2, -0.15) is 4.31 Å². The molecular formula is C16H17BrClNO2S2. The molecule has 0 radical (unpaired) electrons. The zero-order valence-electron chi connectivity index (χ0n) is 12.4. The summed E-state index contributed by atoms with van der Waals surface area (Å²) in [7, 11) is -3.42. The van der Waals surface area contributed by atoms with Crippen LogP contribution in [0.3, 0.4) is 0 Å². The molecule has 1 aliphatic heterocycles. The van der Waals surface area contributed by atoms with E-state index >= 15 is 0 Å². The molecule has 0 bridgehead atoms. The van der Waals surface area contributed by atoms with E-state index in [0.29, 0.717) is 22.3 Å². The van der Waals surface area contributed by atoms with E-state index in [1.165, 1.54) is 11.3 Å². The molecule has 0 saturated carbocycles. The number of thiophene rings is 1. The Morgan fingerprint density at radius 1 is 1.13 bits per heavy atom. The van der Waals surface area contributed by atoms with Gasteiger partial charge in [-0.25, -0.2) is 8.42 Å². The topological polar surface area (TPSA) is 37.4 Å². The molecule has 2 heterocycles. The Labute approximate surface area is 154 Å². The fourth-order valence-electron chi connectivity index (χ4n) is 2.90. The van der Waals surface area contributed by atoms with Gasteiger partial charge in [-0.15, -0.1) is 11.3 Å². The highest BCUT2D eigenvalue weighted by atomic mass is 79.9. The second-order valence-corrected chi connectivity index (χ2v) is 10.7. The first kappa shape index (κ1) is 17.4. The minimum Gasteiger partial charge on any atom is -0.206 e. The summed E-state index contributed by atoms with van der Waals surface area (Å²) in [5.41, 5.74) is 1.16. The molecule has 0 spiro atoms. The summed E-state index contributed by atoms with van der Waals surface area (Å²) in [6, 6.07) is 11.2. The van der Waals surface area contributed by atoms with Gasteiger partial charge in [-0.05, 0) is 64.5 Å². The fourth-order valence-corrected chi connectivity index (χ4v) is 6.71. The Morgan fingerprint density at radius 2 is 1.87 bits per heavy atom. The summed E-state index contributed by atoms with van der Waals surface area (Å²) in [6.45, 7) is 1.11. The first-order chi connectivity index (χ1) is 11.0. The van der Waals surface area contributed by atoms with E-state index in [1.54, 1.807) is 16.4 Å². The number of nitrogens with zero attached hydrogens (tertiary/aromatic N) is 1. The fraction of sp³-hybridized carbons (Fsp3) is 0.375. The van der Waals surface area contributed by atoms with Crippen LogP contribution in [0, 0.1) is 0 Å². The Hall–Kier alpha value is -0.400. The maximum Gasteiger partial charge on any atom is 0.252 e. The summed E-state index contributed by atoms with van der Waals surface area (Å²) in [5.74, 6) is 0.216. The van der Waals surface area contributed by atoms with Gasteiger partial charge >= 0.3 is 0 Å². The third kappa shape index (κ3) is 3.99. The van der Waals surface area contributed by atoms with Crippen LogP contribution in [0.2, 0.25) is 5.02 Å². The molecule has 2 aromatic rings. The van der Waals surface area contributed by atoms with Crippen molar-refractivity contribution in [2.45, 2.75) is 29.4 Å². The van der Waals surface area contributed by atoms with Crippen LogP contribution in [0.15, 0.2) is 44.4 Å². The maximum atomic E-state index is 12.9. The number of hydrogen-bond acceptors (Lipinski definition) is 3. The maximum absolute atomic E-state index is 12.9. The normalized spacial score (nSPS) is 20.3. The zero-order chi connectivity index (χ0) is 16.4. The van der Waals surface area contributed by atoms with Crippen LogP contribution in [-0.2, 0) is 10.0 Å². The van der Waals surface area contributed by atoms with Crippen molar-refractivity contribution < 1.29 is 8.42 Å². The molecule has 0 amide bonds. The van der Waals surface area contributed by atoms with Crippen LogP contribution in [0.4, 0.5) is 0 Å². The predicted molar refractivity (Wildman–Crippen MR) is 98.8 cm³/mol. The molecule has 124 valence electrons. The van der Waals surface area contributed by atoms with Gasteiger partial charge in [-0.1, -0.05) is 30.2 Å². The van der Waals surface area contributed by atoms with Crippen LogP contribution in [-0.4, -0.2) is 25.8 Å². The molecule has 0 N–H and O–H groups in total. The molecule has 1 aliphatic rings. The minimum atomic E-state index is -3.42. The summed E-state index contributed by atoms with van der Waals surface area (Å²) in [6.07, 6.45) is 2.94. The molecule has 3 rings (SSSR count). The number of sulfonamides is 1. The Kier molecular flexibility index (Phi) is 5.48. The van der Waals surface area contributed by atoms with E-state index in [1.807, 2.05) is 24.3 Å². The van der Waals surface area contributed by atoms with E-state index in [0.717, 1.165) is 28.6 Å². The van der Waals surface area contributed by atoms with Crippen molar-refractivity contribution in [2.24, 2.45) is 0 Å². The van der Waals surface area contributed by atoms with Gasteiger partial charge in [0.15, 0.2) is 0 Å². The second kappa shape index (κ2) is 7.23. The number of benzene rings is 1. The lowest BCUT2D eigenvalue weighted by atomic mass is 9.95. The largest absolute Gasteiger partial charge is 0.252 e. The lowest BCUT2D eigenvalue weighted by Gasteiger charge is -2.23. The van der Waals surface area contributed by atoms with E-state index in [9.17, 15) is 8.42 Å². The molecule has 1 fully saturated rings. The molecule has 23 heavy (non-hydrogen) atoms. The third-order valence-corrected chi connectivity index (χ3v) is 8.33. The molecule has 1 aromatic heterocycles. The SMILES string of the molecule is O=S(=O)(c1ccc(Br)s1)N1CCCCC(c2ccc(Cl)cc2)C1. The van der Waals surface area contributed by atoms with Crippen molar-refractivity contribution in [3.63, 3.8) is 0 Å². The minimum absolute atomic E-state index is 0.216. The van der Waals surface area contributed by atoms with Crippen molar-refractivity contribution in [3.05, 3.63) is 50.8 Å². The molecule has 1 saturated heterocycles. The van der Waals surface area contributed by atoms with Gasteiger partial charge in [0.1, 0.15) is 4.21 Å². The highest BCUT2D eigenvalue weighted by Crippen LogP contribution is 2.33. The first-order valence-corrected chi connectivity index (χ1v) is 10.9. The van der Waals surface area contributed by atoms with Crippen molar-refractivity contribution in [3.8, 4) is 0 Å². The molecule has 1 unspecified atom stereocenters. The lowest BCUT2D eigenvalue weighted by molar-refractivity contribution is 0.407. The van der Waals surface area contributed by atoms with Crippen LogP contribution in [0.25, 0.3) is 0 Å². The number of hydrogen-bond donors (Lipinski definition) is 0. The molecule has 7 heteroatoms. The van der Waals surface area contributed by atoms with Gasteiger partial charge in [0.2, 0.25) is 0 Å². The summed E-state index contributed by atoms with van der Waals surface area (Å²) in [5, 5.41) is 0.704. The Morgan fingerprint density at radius 3 is 2.52 bits per heavy atom. The van der Waals surface area contributed by atoms with E-state index in [2.05, 4.69) is 15.9 Å². The number of rotatable bonds is 3. The predicted octanol–water partition coefficient (Wildman–Crippen LogP) is 5.12. The molecular weight excluding hydrogens is 418 g/mol. The van der Waals surface area contributed by atoms with E-state index in [-0.39, 0.29) is 5.92 Å². The molecule has 3 nitrogen and oxygen atoms in total. The average Bonchev–Trinajstić information content (AvgIpc) is 2.82. The highest BCUT2D eigenvalue weighted by Gasteiger charge is 2.30. The standard InChI is InChI=1S/C16H17BrClNO2S2/c17-15-8-9-16(22-15)23(20,21)19-10-2-1-3-13(11-19)12-4-6-14(18)7-5-12/h4-9,13H,1-3,10-11H2. The van der Waals surface area contributed by atoms with Gasteiger partial charge in [-0.3, -0.25) is 0 Å². The van der Waals surface area contributed by atoms with Crippen molar-refractivity contribution in [1.29, 1.82) is 0 Å². The number of halogens is 2. The van der Waals surface area contributed by atoms with Gasteiger partial charge in [0.25, 0.3) is 10.0 Å². The Bertz CT molecular complexity index is 774. The van der Waals surface area contributed by atoms with Crippen LogP contribution in [0.1, 0.15) is 30.7 Å². The quantitative estimate of drug-likeness (QED) is 0.672. The van der Waals surface area contributed by atoms with Crippen LogP contribution >= 0.6 is 38.9 Å². The molecule has 1 aromatic carbocycles. The van der Waals surface area contributed by atoms with Crippen molar-refractivity contribution in [2.75, 3.05) is 13.1 Å². The van der Waals surface area contributed by atoms with Crippen molar-refractivity contribution in [1.82, 2.24) is 4.31 Å². The van der Waals surface area contributed by atoms with E-state index < -0.39 is 10.0 Å². The van der Waals surface area contributed by atoms with Crippen LogP contribution in [0.5, 0.6) is 0 Å². The summed E-state index contributed by atoms with van der Waals surface area (Å²) < 4.78 is 28.6. The third-order valence-electron chi connectivity index (χ3n) is 4.12. The Balaban J connectivity index is 1.86. The van der Waals surface area contributed by atoms with Crippen molar-refractivity contribution >= 4 is 48.9 Å². The average molecular weight is 435 g/mol. The molecule has 0 aliphatic carbocycles. The highest BCUT2D eigenvalue weighted by molar-refractivity contribution is 9.11. The molecule has 1 atom stereocenters. The van der Waals surface area contributed by atoms with E-state index in [4.69, 9.17) is 11.6 Å². The monoisotopic (exact) mass is 433 g/mol. The smallest absolute Gasteiger partial charge is 0.206 e. The van der Waals surface area contributed by atoms with Gasteiger partial charge in [0.05, 0.1) is 3.79 Å². The van der Waals surface area contributed by atoms with Crippen LogP contribution < -0.4 is 0 Å². The lowest BCUT2D eigenvalue weighted by Crippen LogP contribution is -2.33. The summed E-state index contributed by atoms with van der Waals surface area (Å²) in [4.78, 5) is 0. The second-order valence-electron chi connectivity index (χ2n) is 5.67. The van der Waals surface area contributed by atoms with Gasteiger partial charge in [0, 0.05) is 18.1 Å². The first-order valence-electron chi connectivity index (χ1n) is 7.48. The summed E-state index contributed by atoms with van der Waals surface area (Å²) >= 11 is 10.6.